The van der Waals surface area contributed by atoms with Crippen LogP contribution in [0.5, 0.6) is 0 Å². The van der Waals surface area contributed by atoms with Gasteiger partial charge in [-0.05, 0) is 52.4 Å². The molecule has 194 valence electrons. The van der Waals surface area contributed by atoms with Crippen molar-refractivity contribution >= 4 is 27.6 Å². The molecule has 0 atom stereocenters. The molecule has 2 heterocycles. The Labute approximate surface area is 239 Å². The molecule has 0 aliphatic carbocycles. The average Bonchev–Trinajstić information content (AvgIpc) is 3.40. The van der Waals surface area contributed by atoms with E-state index in [4.69, 9.17) is 11.0 Å². The number of rotatable bonds is 4. The number of hydrogen-bond donors (Lipinski definition) is 0. The smallest absolute Gasteiger partial charge is 0.216 e. The summed E-state index contributed by atoms with van der Waals surface area (Å²) in [6, 6.07) is 41.9. The molecule has 5 aromatic carbocycles. The number of hydrogen-bond acceptors (Lipinski definition) is 1. The lowest BCUT2D eigenvalue weighted by Crippen LogP contribution is -2.30. The van der Waals surface area contributed by atoms with Crippen LogP contribution >= 0.6 is 0 Å². The predicted octanol–water partition coefficient (Wildman–Crippen LogP) is 9.94. The van der Waals surface area contributed by atoms with Gasteiger partial charge in [0.25, 0.3) is 0 Å². The van der Waals surface area contributed by atoms with E-state index in [2.05, 4.69) is 127 Å². The van der Waals surface area contributed by atoms with E-state index in [0.717, 1.165) is 61.0 Å². The molecular formula is C38H27N2O+. The zero-order chi connectivity index (χ0) is 27.9. The van der Waals surface area contributed by atoms with Crippen LogP contribution in [-0.4, -0.2) is 0 Å². The first-order valence-corrected chi connectivity index (χ1v) is 13.7. The van der Waals surface area contributed by atoms with Crippen molar-refractivity contribution < 1.29 is 8.98 Å². The van der Waals surface area contributed by atoms with Crippen LogP contribution in [-0.2, 0) is 7.05 Å². The van der Waals surface area contributed by atoms with Gasteiger partial charge < -0.3 is 4.42 Å². The number of aromatic nitrogens is 1. The first-order chi connectivity index (χ1) is 20.1. The number of benzene rings is 5. The third-order valence-corrected chi connectivity index (χ3v) is 7.90. The van der Waals surface area contributed by atoms with Crippen LogP contribution in [0.4, 0.5) is 5.69 Å². The molecule has 0 amide bonds. The zero-order valence-electron chi connectivity index (χ0n) is 22.9. The second kappa shape index (κ2) is 9.93. The predicted molar refractivity (Wildman–Crippen MR) is 168 cm³/mol. The van der Waals surface area contributed by atoms with Gasteiger partial charge in [0.05, 0.1) is 12.1 Å². The fraction of sp³-hybridized carbons (Fsp3) is 0.0526. The first kappa shape index (κ1) is 24.6. The molecule has 0 bridgehead atoms. The maximum atomic E-state index is 7.94. The van der Waals surface area contributed by atoms with E-state index in [1.165, 1.54) is 11.1 Å². The molecule has 3 nitrogen and oxygen atoms in total. The fourth-order valence-corrected chi connectivity index (χ4v) is 5.80. The second-order valence-corrected chi connectivity index (χ2v) is 10.4. The molecule has 0 saturated heterocycles. The van der Waals surface area contributed by atoms with Crippen molar-refractivity contribution in [1.29, 1.82) is 0 Å². The monoisotopic (exact) mass is 527 g/mol. The molecule has 41 heavy (non-hydrogen) atoms. The summed E-state index contributed by atoms with van der Waals surface area (Å²) in [5.74, 6) is 0. The van der Waals surface area contributed by atoms with E-state index in [1.807, 2.05) is 24.3 Å². The molecule has 2 aromatic heterocycles. The van der Waals surface area contributed by atoms with Crippen molar-refractivity contribution in [2.45, 2.75) is 6.92 Å². The summed E-state index contributed by atoms with van der Waals surface area (Å²) in [6.45, 7) is 10.1. The van der Waals surface area contributed by atoms with E-state index < -0.39 is 0 Å². The van der Waals surface area contributed by atoms with E-state index >= 15 is 0 Å². The van der Waals surface area contributed by atoms with Crippen LogP contribution in [0.25, 0.3) is 71.4 Å². The SMILES string of the molecule is [C-]#[N+]c1ccc2c(oc3c(-c4cccc[n+]4C)c(C)ccc32)c1-c1ccc(-c2cccc(-c3ccccc3)c2)cc1. The highest BCUT2D eigenvalue weighted by molar-refractivity contribution is 6.15. The maximum Gasteiger partial charge on any atom is 0.216 e. The first-order valence-electron chi connectivity index (χ1n) is 13.7. The van der Waals surface area contributed by atoms with Gasteiger partial charge >= 0.3 is 0 Å². The Morgan fingerprint density at radius 2 is 1.20 bits per heavy atom. The van der Waals surface area contributed by atoms with E-state index in [0.29, 0.717) is 5.69 Å². The number of nitrogens with zero attached hydrogens (tertiary/aromatic N) is 2. The molecule has 0 fully saturated rings. The molecular weight excluding hydrogens is 500 g/mol. The summed E-state index contributed by atoms with van der Waals surface area (Å²) in [5.41, 5.74) is 11.9. The summed E-state index contributed by atoms with van der Waals surface area (Å²) in [7, 11) is 2.05. The average molecular weight is 528 g/mol. The standard InChI is InChI=1S/C38H27N2O/c1-25-15-20-31-32-21-22-33(39-2)36(38(32)41-37(31)35(25)34-14-7-8-23-40(34)3)28-18-16-27(17-19-28)30-13-9-12-29(24-30)26-10-5-4-6-11-26/h4-24H,1,3H3/q+1. The van der Waals surface area contributed by atoms with Crippen molar-refractivity contribution in [2.75, 3.05) is 0 Å². The Hall–Kier alpha value is -5.46. The Kier molecular flexibility index (Phi) is 5.95. The van der Waals surface area contributed by atoms with Crippen molar-refractivity contribution in [1.82, 2.24) is 0 Å². The molecule has 0 saturated carbocycles. The van der Waals surface area contributed by atoms with E-state index in [-0.39, 0.29) is 0 Å². The lowest BCUT2D eigenvalue weighted by atomic mass is 9.95. The van der Waals surface area contributed by atoms with Crippen LogP contribution in [0.2, 0.25) is 0 Å². The lowest BCUT2D eigenvalue weighted by Gasteiger charge is -2.09. The summed E-state index contributed by atoms with van der Waals surface area (Å²) in [5, 5.41) is 2.07. The summed E-state index contributed by atoms with van der Waals surface area (Å²) in [4.78, 5) is 3.89. The Morgan fingerprint density at radius 1 is 0.585 bits per heavy atom. The topological polar surface area (TPSA) is 21.4 Å². The quantitative estimate of drug-likeness (QED) is 0.165. The van der Waals surface area contributed by atoms with Gasteiger partial charge in [-0.25, -0.2) is 9.41 Å². The number of pyridine rings is 1. The Balaban J connectivity index is 1.38. The van der Waals surface area contributed by atoms with Gasteiger partial charge in [-0.3, -0.25) is 0 Å². The van der Waals surface area contributed by atoms with Crippen molar-refractivity contribution in [3.63, 3.8) is 0 Å². The normalized spacial score (nSPS) is 11.1. The van der Waals surface area contributed by atoms with Crippen molar-refractivity contribution in [2.24, 2.45) is 7.05 Å². The molecule has 0 N–H and O–H groups in total. The van der Waals surface area contributed by atoms with Crippen LogP contribution in [0.3, 0.4) is 0 Å². The molecule has 0 radical (unpaired) electrons. The summed E-state index contributed by atoms with van der Waals surface area (Å²) < 4.78 is 8.84. The highest BCUT2D eigenvalue weighted by Gasteiger charge is 2.22. The van der Waals surface area contributed by atoms with Gasteiger partial charge in [0.2, 0.25) is 5.69 Å². The van der Waals surface area contributed by atoms with Crippen molar-refractivity contribution in [3.8, 4) is 44.6 Å². The highest BCUT2D eigenvalue weighted by Crippen LogP contribution is 2.44. The number of fused-ring (bicyclic) bond motifs is 3. The third kappa shape index (κ3) is 4.18. The second-order valence-electron chi connectivity index (χ2n) is 10.4. The van der Waals surface area contributed by atoms with E-state index in [9.17, 15) is 0 Å². The Morgan fingerprint density at radius 3 is 1.90 bits per heavy atom. The fourth-order valence-electron chi connectivity index (χ4n) is 5.80. The van der Waals surface area contributed by atoms with Gasteiger partial charge in [0.1, 0.15) is 18.2 Å². The third-order valence-electron chi connectivity index (χ3n) is 7.90. The highest BCUT2D eigenvalue weighted by atomic mass is 16.3. The minimum atomic E-state index is 0.582. The van der Waals surface area contributed by atoms with Crippen LogP contribution < -0.4 is 4.57 Å². The molecule has 7 aromatic rings. The van der Waals surface area contributed by atoms with Gasteiger partial charge in [-0.15, -0.1) is 0 Å². The van der Waals surface area contributed by atoms with Gasteiger partial charge in [-0.2, -0.15) is 0 Å². The van der Waals surface area contributed by atoms with Crippen LogP contribution in [0, 0.1) is 13.5 Å². The molecule has 0 aliphatic rings. The molecule has 7 rings (SSSR count). The van der Waals surface area contributed by atoms with Crippen LogP contribution in [0.15, 0.2) is 132 Å². The van der Waals surface area contributed by atoms with Gasteiger partial charge in [-0.1, -0.05) is 97.1 Å². The lowest BCUT2D eigenvalue weighted by molar-refractivity contribution is -0.660. The Bertz CT molecular complexity index is 2110. The molecule has 0 spiro atoms. The molecule has 0 unspecified atom stereocenters. The van der Waals surface area contributed by atoms with Gasteiger partial charge in [0, 0.05) is 28.5 Å². The summed E-state index contributed by atoms with van der Waals surface area (Å²) in [6.07, 6.45) is 2.05. The minimum Gasteiger partial charge on any atom is -0.456 e. The van der Waals surface area contributed by atoms with Crippen molar-refractivity contribution in [3.05, 3.63) is 145 Å². The molecule has 0 aliphatic heterocycles. The number of furan rings is 1. The van der Waals surface area contributed by atoms with Crippen LogP contribution in [0.1, 0.15) is 5.56 Å². The molecule has 3 heteroatoms. The number of aryl methyl sites for hydroxylation is 2. The van der Waals surface area contributed by atoms with Gasteiger partial charge in [0.15, 0.2) is 11.9 Å². The summed E-state index contributed by atoms with van der Waals surface area (Å²) >= 11 is 0. The zero-order valence-corrected chi connectivity index (χ0v) is 22.9. The maximum absolute atomic E-state index is 7.94. The largest absolute Gasteiger partial charge is 0.456 e. The minimum absolute atomic E-state index is 0.582. The van der Waals surface area contributed by atoms with E-state index in [1.54, 1.807) is 0 Å².